The molecule has 30 heavy (non-hydrogen) atoms. The van der Waals surface area contributed by atoms with Gasteiger partial charge in [0.25, 0.3) is 0 Å². The van der Waals surface area contributed by atoms with E-state index in [4.69, 9.17) is 31.8 Å². The number of hydrogen-bond acceptors (Lipinski definition) is 6. The van der Waals surface area contributed by atoms with Gasteiger partial charge in [-0.2, -0.15) is 0 Å². The Balaban J connectivity index is 1.90. The van der Waals surface area contributed by atoms with Crippen LogP contribution in [0.3, 0.4) is 0 Å². The average Bonchev–Trinajstić information content (AvgIpc) is 2.98. The van der Waals surface area contributed by atoms with Gasteiger partial charge in [0.2, 0.25) is 0 Å². The van der Waals surface area contributed by atoms with Gasteiger partial charge in [-0.05, 0) is 30.7 Å². The third-order valence-electron chi connectivity index (χ3n) is 4.79. The van der Waals surface area contributed by atoms with Crippen LogP contribution in [0.4, 0.5) is 5.82 Å². The van der Waals surface area contributed by atoms with Gasteiger partial charge in [-0.15, -0.1) is 0 Å². The van der Waals surface area contributed by atoms with E-state index in [1.807, 2.05) is 42.5 Å². The van der Waals surface area contributed by atoms with E-state index < -0.39 is 12.1 Å². The lowest BCUT2D eigenvalue weighted by atomic mass is 10.2. The van der Waals surface area contributed by atoms with Gasteiger partial charge in [0.05, 0.1) is 24.2 Å². The Morgan fingerprint density at radius 2 is 1.80 bits per heavy atom. The molecule has 0 bridgehead atoms. The number of fused-ring (bicyclic) bond motifs is 2. The molecule has 0 spiro atoms. The first-order chi connectivity index (χ1) is 14.5. The fourth-order valence-electron chi connectivity index (χ4n) is 3.39. The Hall–Kier alpha value is -3.16. The van der Waals surface area contributed by atoms with Crippen molar-refractivity contribution in [1.82, 2.24) is 14.5 Å². The van der Waals surface area contributed by atoms with Gasteiger partial charge in [-0.3, -0.25) is 0 Å². The molecule has 2 N–H and O–H groups in total. The number of para-hydroxylation sites is 2. The van der Waals surface area contributed by atoms with Crippen LogP contribution >= 0.6 is 11.6 Å². The van der Waals surface area contributed by atoms with Gasteiger partial charge < -0.3 is 19.8 Å². The molecule has 0 fully saturated rings. The summed E-state index contributed by atoms with van der Waals surface area (Å²) in [5.74, 6) is -0.334. The summed E-state index contributed by atoms with van der Waals surface area (Å²) >= 11 is 6.35. The summed E-state index contributed by atoms with van der Waals surface area (Å²) < 4.78 is 12.3. The molecule has 0 amide bonds. The number of rotatable bonds is 6. The smallest absolute Gasteiger partial charge is 0.344 e. The predicted molar refractivity (Wildman–Crippen MR) is 117 cm³/mol. The number of carbonyl (C=O) groups is 1. The van der Waals surface area contributed by atoms with Crippen molar-refractivity contribution in [1.29, 1.82) is 0 Å². The molecule has 4 rings (SSSR count). The van der Waals surface area contributed by atoms with E-state index in [2.05, 4.69) is 4.98 Å². The first kappa shape index (κ1) is 20.1. The number of methoxy groups -OCH3 is 1. The van der Waals surface area contributed by atoms with Crippen LogP contribution in [-0.2, 0) is 16.0 Å². The van der Waals surface area contributed by atoms with Crippen molar-refractivity contribution in [2.45, 2.75) is 19.6 Å². The number of halogens is 1. The quantitative estimate of drug-likeness (QED) is 0.469. The number of anilines is 1. The molecule has 154 valence electrons. The highest BCUT2D eigenvalue weighted by atomic mass is 35.5. The lowest BCUT2D eigenvalue weighted by Gasteiger charge is -2.12. The summed E-state index contributed by atoms with van der Waals surface area (Å²) in [5, 5.41) is 0.602. The first-order valence-corrected chi connectivity index (χ1v) is 9.85. The monoisotopic (exact) mass is 424 g/mol. The van der Waals surface area contributed by atoms with Crippen molar-refractivity contribution >= 4 is 45.6 Å². The van der Waals surface area contributed by atoms with Gasteiger partial charge in [0.1, 0.15) is 23.0 Å². The number of aromatic nitrogens is 3. The molecule has 0 aliphatic heterocycles. The Morgan fingerprint density at radius 3 is 2.50 bits per heavy atom. The third kappa shape index (κ3) is 3.69. The maximum Gasteiger partial charge on any atom is 0.344 e. The molecule has 0 saturated carbocycles. The molecular weight excluding hydrogens is 404 g/mol. The second-order valence-corrected chi connectivity index (χ2v) is 7.40. The Labute approximate surface area is 178 Å². The van der Waals surface area contributed by atoms with Crippen LogP contribution < -0.4 is 5.73 Å². The van der Waals surface area contributed by atoms with Crippen molar-refractivity contribution in [3.05, 3.63) is 64.7 Å². The molecule has 0 aliphatic rings. The van der Waals surface area contributed by atoms with Gasteiger partial charge in [0.15, 0.2) is 5.65 Å². The molecular formula is C22H21ClN4O3. The largest absolute Gasteiger partial charge is 0.456 e. The zero-order valence-corrected chi connectivity index (χ0v) is 17.4. The average molecular weight is 425 g/mol. The van der Waals surface area contributed by atoms with Gasteiger partial charge in [-0.25, -0.2) is 14.8 Å². The number of nitrogens with zero attached hydrogens (tertiary/aromatic N) is 3. The summed E-state index contributed by atoms with van der Waals surface area (Å²) in [4.78, 5) is 22.4. The summed E-state index contributed by atoms with van der Waals surface area (Å²) in [5.41, 5.74) is 9.74. The maximum atomic E-state index is 13.0. The van der Waals surface area contributed by atoms with Crippen LogP contribution in [0.25, 0.3) is 22.2 Å². The minimum atomic E-state index is -0.565. The second kappa shape index (κ2) is 8.30. The Morgan fingerprint density at radius 1 is 1.13 bits per heavy atom. The number of hydrogen-bond donors (Lipinski definition) is 1. The Kier molecular flexibility index (Phi) is 5.57. The maximum absolute atomic E-state index is 13.0. The molecule has 2 aromatic heterocycles. The molecule has 7 nitrogen and oxygen atoms in total. The fraction of sp³-hybridized carbons (Fsp3) is 0.227. The molecule has 0 unspecified atom stereocenters. The van der Waals surface area contributed by atoms with Crippen LogP contribution in [0.1, 0.15) is 22.8 Å². The van der Waals surface area contributed by atoms with E-state index in [-0.39, 0.29) is 18.0 Å². The SMILES string of the molecule is COC[C@H](C)OC(=O)c1c(N)n(Cc2ccccc2Cl)c2nc3ccccc3nc12. The summed E-state index contributed by atoms with van der Waals surface area (Å²) in [6.07, 6.45) is -0.433. The van der Waals surface area contributed by atoms with Gasteiger partial charge >= 0.3 is 5.97 Å². The number of benzene rings is 2. The lowest BCUT2D eigenvalue weighted by molar-refractivity contribution is 0.0123. The number of ether oxygens (including phenoxy) is 2. The topological polar surface area (TPSA) is 92.3 Å². The van der Waals surface area contributed by atoms with Crippen molar-refractivity contribution in [3.8, 4) is 0 Å². The lowest BCUT2D eigenvalue weighted by Crippen LogP contribution is -2.20. The molecule has 0 aliphatic carbocycles. The molecule has 0 radical (unpaired) electrons. The minimum Gasteiger partial charge on any atom is -0.456 e. The number of esters is 1. The van der Waals surface area contributed by atoms with E-state index >= 15 is 0 Å². The third-order valence-corrected chi connectivity index (χ3v) is 5.16. The van der Waals surface area contributed by atoms with Crippen molar-refractivity contribution < 1.29 is 14.3 Å². The van der Waals surface area contributed by atoms with Crippen LogP contribution in [0.5, 0.6) is 0 Å². The van der Waals surface area contributed by atoms with Crippen LogP contribution in [-0.4, -0.2) is 40.3 Å². The van der Waals surface area contributed by atoms with Gasteiger partial charge in [-0.1, -0.05) is 41.9 Å². The minimum absolute atomic E-state index is 0.193. The number of nitrogen functional groups attached to an aromatic ring is 1. The summed E-state index contributed by atoms with van der Waals surface area (Å²) in [7, 11) is 1.55. The summed E-state index contributed by atoms with van der Waals surface area (Å²) in [6.45, 7) is 2.37. The zero-order valence-electron chi connectivity index (χ0n) is 16.6. The Bertz CT molecular complexity index is 1240. The normalized spacial score (nSPS) is 12.4. The molecule has 1 atom stereocenters. The second-order valence-electron chi connectivity index (χ2n) is 6.99. The van der Waals surface area contributed by atoms with Gasteiger partial charge in [0, 0.05) is 12.1 Å². The number of nitrogens with two attached hydrogens (primary N) is 1. The van der Waals surface area contributed by atoms with Crippen molar-refractivity contribution in [3.63, 3.8) is 0 Å². The predicted octanol–water partition coefficient (Wildman–Crippen LogP) is 4.06. The molecule has 2 aromatic carbocycles. The molecule has 2 heterocycles. The van der Waals surface area contributed by atoms with Crippen LogP contribution in [0, 0.1) is 0 Å². The molecule has 8 heteroatoms. The van der Waals surface area contributed by atoms with E-state index in [9.17, 15) is 4.79 Å². The van der Waals surface area contributed by atoms with Crippen molar-refractivity contribution in [2.75, 3.05) is 19.5 Å². The fourth-order valence-corrected chi connectivity index (χ4v) is 3.58. The van der Waals surface area contributed by atoms with Crippen LogP contribution in [0.2, 0.25) is 5.02 Å². The standard InChI is InChI=1S/C22H21ClN4O3/c1-13(12-29-2)30-22(28)18-19-21(26-17-10-6-5-9-16(17)25-19)27(20(18)24)11-14-7-3-4-8-15(14)23/h3-10,13H,11-12,24H2,1-2H3/t13-/m0/s1. The van der Waals surface area contributed by atoms with Crippen LogP contribution in [0.15, 0.2) is 48.5 Å². The first-order valence-electron chi connectivity index (χ1n) is 9.47. The van der Waals surface area contributed by atoms with E-state index in [0.29, 0.717) is 33.8 Å². The highest BCUT2D eigenvalue weighted by Crippen LogP contribution is 2.30. The molecule has 0 saturated heterocycles. The zero-order chi connectivity index (χ0) is 21.3. The summed E-state index contributed by atoms with van der Waals surface area (Å²) in [6, 6.07) is 14.9. The highest BCUT2D eigenvalue weighted by molar-refractivity contribution is 6.31. The van der Waals surface area contributed by atoms with E-state index in [0.717, 1.165) is 5.56 Å². The van der Waals surface area contributed by atoms with Crippen molar-refractivity contribution in [2.24, 2.45) is 0 Å². The molecule has 4 aromatic rings. The number of carbonyl (C=O) groups excluding carboxylic acids is 1. The highest BCUT2D eigenvalue weighted by Gasteiger charge is 2.26. The van der Waals surface area contributed by atoms with E-state index in [1.165, 1.54) is 0 Å². The van der Waals surface area contributed by atoms with E-state index in [1.54, 1.807) is 24.7 Å².